The first-order valence-corrected chi connectivity index (χ1v) is 12.4. The van der Waals surface area contributed by atoms with Crippen LogP contribution in [0.4, 0.5) is 0 Å². The summed E-state index contributed by atoms with van der Waals surface area (Å²) >= 11 is 1.41. The first-order valence-electron chi connectivity index (χ1n) is 11.6. The number of fused-ring (bicyclic) bond motifs is 1. The highest BCUT2D eigenvalue weighted by Crippen LogP contribution is 2.49. The van der Waals surface area contributed by atoms with Crippen LogP contribution in [0.2, 0.25) is 0 Å². The summed E-state index contributed by atoms with van der Waals surface area (Å²) in [5.74, 6) is 0.386. The van der Waals surface area contributed by atoms with E-state index >= 15 is 0 Å². The summed E-state index contributed by atoms with van der Waals surface area (Å²) in [5.41, 5.74) is 3.85. The number of esters is 1. The second-order valence-electron chi connectivity index (χ2n) is 10.7. The maximum Gasteiger partial charge on any atom is 0.328 e. The molecular weight excluding hydrogens is 434 g/mol. The number of methoxy groups -OCH3 is 2. The molecule has 1 atom stereocenters. The lowest BCUT2D eigenvalue weighted by Gasteiger charge is -2.42. The van der Waals surface area contributed by atoms with Crippen LogP contribution >= 0.6 is 11.3 Å². The molecule has 0 bridgehead atoms. The van der Waals surface area contributed by atoms with Crippen molar-refractivity contribution in [3.63, 3.8) is 0 Å². The van der Waals surface area contributed by atoms with Crippen molar-refractivity contribution < 1.29 is 19.1 Å². The SMILES string of the molecule is COC(=O)[C@H](CC(C)C)NC(=O)c1ccc(-c2cc3c(cc2OC)C(C)(C)CCC3(C)C)s1. The van der Waals surface area contributed by atoms with E-state index in [9.17, 15) is 9.59 Å². The average molecular weight is 472 g/mol. The number of hydrogen-bond acceptors (Lipinski definition) is 5. The highest BCUT2D eigenvalue weighted by atomic mass is 32.1. The highest BCUT2D eigenvalue weighted by molar-refractivity contribution is 7.17. The van der Waals surface area contributed by atoms with E-state index in [0.717, 1.165) is 29.0 Å². The van der Waals surface area contributed by atoms with Crippen molar-refractivity contribution in [2.75, 3.05) is 14.2 Å². The second-order valence-corrected chi connectivity index (χ2v) is 11.8. The van der Waals surface area contributed by atoms with Gasteiger partial charge in [0.2, 0.25) is 0 Å². The van der Waals surface area contributed by atoms with Crippen molar-refractivity contribution in [3.05, 3.63) is 40.3 Å². The first kappa shape index (κ1) is 25.3. The maximum absolute atomic E-state index is 12.9. The van der Waals surface area contributed by atoms with Crippen molar-refractivity contribution in [2.24, 2.45) is 5.92 Å². The van der Waals surface area contributed by atoms with Crippen LogP contribution in [0.25, 0.3) is 10.4 Å². The summed E-state index contributed by atoms with van der Waals surface area (Å²) in [4.78, 5) is 26.6. The minimum Gasteiger partial charge on any atom is -0.496 e. The van der Waals surface area contributed by atoms with Crippen molar-refractivity contribution in [2.45, 2.75) is 77.7 Å². The van der Waals surface area contributed by atoms with Crippen LogP contribution < -0.4 is 10.1 Å². The monoisotopic (exact) mass is 471 g/mol. The molecule has 1 heterocycles. The Balaban J connectivity index is 1.95. The van der Waals surface area contributed by atoms with Gasteiger partial charge in [0.05, 0.1) is 19.1 Å². The zero-order valence-corrected chi connectivity index (χ0v) is 21.9. The molecule has 180 valence electrons. The predicted octanol–water partition coefficient (Wildman–Crippen LogP) is 6.09. The Bertz CT molecular complexity index is 1030. The molecule has 5 nitrogen and oxygen atoms in total. The summed E-state index contributed by atoms with van der Waals surface area (Å²) in [6.07, 6.45) is 2.79. The minimum atomic E-state index is -0.658. The number of hydrogen-bond donors (Lipinski definition) is 1. The zero-order valence-electron chi connectivity index (χ0n) is 21.1. The number of ether oxygens (including phenoxy) is 2. The molecule has 1 aliphatic carbocycles. The van der Waals surface area contributed by atoms with Gasteiger partial charge in [-0.3, -0.25) is 4.79 Å². The average Bonchev–Trinajstić information content (AvgIpc) is 3.25. The van der Waals surface area contributed by atoms with Crippen molar-refractivity contribution in [1.82, 2.24) is 5.32 Å². The molecule has 1 amide bonds. The van der Waals surface area contributed by atoms with Crippen LogP contribution in [-0.4, -0.2) is 32.1 Å². The summed E-state index contributed by atoms with van der Waals surface area (Å²) in [7, 11) is 3.04. The van der Waals surface area contributed by atoms with Gasteiger partial charge in [0.15, 0.2) is 0 Å². The van der Waals surface area contributed by atoms with Gasteiger partial charge in [0, 0.05) is 10.4 Å². The van der Waals surface area contributed by atoms with Gasteiger partial charge in [-0.05, 0) is 71.4 Å². The number of carbonyl (C=O) groups excluding carboxylic acids is 2. The van der Waals surface area contributed by atoms with E-state index in [2.05, 4.69) is 45.1 Å². The molecule has 1 aromatic carbocycles. The Morgan fingerprint density at radius 2 is 1.64 bits per heavy atom. The van der Waals surface area contributed by atoms with Crippen LogP contribution in [0.5, 0.6) is 5.75 Å². The van der Waals surface area contributed by atoms with Crippen LogP contribution in [0.1, 0.15) is 81.6 Å². The number of carbonyl (C=O) groups is 2. The van der Waals surface area contributed by atoms with Gasteiger partial charge in [-0.15, -0.1) is 11.3 Å². The molecule has 1 aliphatic rings. The van der Waals surface area contributed by atoms with E-state index < -0.39 is 12.0 Å². The molecule has 33 heavy (non-hydrogen) atoms. The van der Waals surface area contributed by atoms with Crippen molar-refractivity contribution in [3.8, 4) is 16.2 Å². The lowest BCUT2D eigenvalue weighted by Crippen LogP contribution is -2.42. The zero-order chi connectivity index (χ0) is 24.6. The number of rotatable bonds is 7. The molecule has 0 saturated heterocycles. The largest absolute Gasteiger partial charge is 0.496 e. The lowest BCUT2D eigenvalue weighted by molar-refractivity contribution is -0.143. The van der Waals surface area contributed by atoms with Gasteiger partial charge in [-0.25, -0.2) is 4.79 Å². The Hall–Kier alpha value is -2.34. The van der Waals surface area contributed by atoms with Crippen LogP contribution in [0.15, 0.2) is 24.3 Å². The molecule has 0 unspecified atom stereocenters. The third-order valence-electron chi connectivity index (χ3n) is 6.77. The minimum absolute atomic E-state index is 0.0773. The normalized spacial score (nSPS) is 17.2. The predicted molar refractivity (Wildman–Crippen MR) is 134 cm³/mol. The van der Waals surface area contributed by atoms with Crippen LogP contribution in [0.3, 0.4) is 0 Å². The number of amides is 1. The van der Waals surface area contributed by atoms with E-state index in [1.807, 2.05) is 26.0 Å². The van der Waals surface area contributed by atoms with Gasteiger partial charge in [0.1, 0.15) is 11.8 Å². The second kappa shape index (κ2) is 9.49. The van der Waals surface area contributed by atoms with E-state index in [1.165, 1.54) is 29.6 Å². The van der Waals surface area contributed by atoms with Crippen LogP contribution in [0, 0.1) is 5.92 Å². The number of thiophene rings is 1. The van der Waals surface area contributed by atoms with Gasteiger partial charge in [0.25, 0.3) is 5.91 Å². The Morgan fingerprint density at radius 1 is 1.03 bits per heavy atom. The molecule has 0 spiro atoms. The van der Waals surface area contributed by atoms with E-state index in [0.29, 0.717) is 11.3 Å². The standard InChI is InChI=1S/C27H37NO4S/c1-16(2)13-20(25(30)32-8)28-24(29)23-10-9-22(33-23)17-14-18-19(15-21(17)31-7)27(5,6)12-11-26(18,3)4/h9-10,14-16,20H,11-13H2,1-8H3,(H,28,29)/t20-/m0/s1. The van der Waals surface area contributed by atoms with Crippen molar-refractivity contribution in [1.29, 1.82) is 0 Å². The maximum atomic E-state index is 12.9. The fourth-order valence-corrected chi connectivity index (χ4v) is 5.55. The highest BCUT2D eigenvalue weighted by Gasteiger charge is 2.38. The topological polar surface area (TPSA) is 64.6 Å². The van der Waals surface area contributed by atoms with Gasteiger partial charge >= 0.3 is 5.97 Å². The van der Waals surface area contributed by atoms with Gasteiger partial charge in [-0.1, -0.05) is 41.5 Å². The summed E-state index contributed by atoms with van der Waals surface area (Å²) in [5, 5.41) is 2.85. The molecule has 1 N–H and O–H groups in total. The van der Waals surface area contributed by atoms with E-state index in [-0.39, 0.29) is 22.7 Å². The molecule has 0 aliphatic heterocycles. The van der Waals surface area contributed by atoms with Crippen LogP contribution in [-0.2, 0) is 20.4 Å². The smallest absolute Gasteiger partial charge is 0.328 e. The molecule has 2 aromatic rings. The van der Waals surface area contributed by atoms with E-state index in [1.54, 1.807) is 7.11 Å². The molecule has 3 rings (SSSR count). The van der Waals surface area contributed by atoms with Crippen molar-refractivity contribution >= 4 is 23.2 Å². The van der Waals surface area contributed by atoms with Gasteiger partial charge < -0.3 is 14.8 Å². The Morgan fingerprint density at radius 3 is 2.18 bits per heavy atom. The molecule has 0 saturated carbocycles. The molecular formula is C27H37NO4S. The molecule has 0 radical (unpaired) electrons. The molecule has 0 fully saturated rings. The summed E-state index contributed by atoms with van der Waals surface area (Å²) in [6, 6.07) is 7.54. The molecule has 1 aromatic heterocycles. The fraction of sp³-hybridized carbons (Fsp3) is 0.556. The molecule has 6 heteroatoms. The van der Waals surface area contributed by atoms with Gasteiger partial charge in [-0.2, -0.15) is 0 Å². The fourth-order valence-electron chi connectivity index (χ4n) is 4.62. The summed E-state index contributed by atoms with van der Waals surface area (Å²) in [6.45, 7) is 13.2. The quantitative estimate of drug-likeness (QED) is 0.496. The Kier molecular flexibility index (Phi) is 7.27. The Labute approximate surface area is 201 Å². The first-order chi connectivity index (χ1) is 15.4. The lowest BCUT2D eigenvalue weighted by atomic mass is 9.63. The number of benzene rings is 1. The number of nitrogens with one attached hydrogen (secondary N) is 1. The third kappa shape index (κ3) is 5.26. The van der Waals surface area contributed by atoms with E-state index in [4.69, 9.17) is 9.47 Å². The third-order valence-corrected chi connectivity index (χ3v) is 7.88. The summed E-state index contributed by atoms with van der Waals surface area (Å²) < 4.78 is 10.7.